The van der Waals surface area contributed by atoms with Gasteiger partial charge in [-0.2, -0.15) is 0 Å². The summed E-state index contributed by atoms with van der Waals surface area (Å²) in [6, 6.07) is 15.2. The van der Waals surface area contributed by atoms with Crippen molar-refractivity contribution in [3.8, 4) is 11.1 Å². The van der Waals surface area contributed by atoms with Crippen LogP contribution >= 0.6 is 0 Å². The fourth-order valence-electron chi connectivity index (χ4n) is 2.14. The van der Waals surface area contributed by atoms with Crippen molar-refractivity contribution in [1.82, 2.24) is 0 Å². The second-order valence-electron chi connectivity index (χ2n) is 4.85. The maximum absolute atomic E-state index is 11.4. The number of aliphatic hydroxyl groups excluding tert-OH is 1. The molecule has 3 N–H and O–H groups in total. The first-order valence-corrected chi connectivity index (χ1v) is 6.71. The zero-order chi connectivity index (χ0) is 14.5. The molecule has 2 rings (SSSR count). The van der Waals surface area contributed by atoms with Crippen molar-refractivity contribution in [3.63, 3.8) is 0 Å². The lowest BCUT2D eigenvalue weighted by Crippen LogP contribution is -2.06. The zero-order valence-corrected chi connectivity index (χ0v) is 11.5. The monoisotopic (exact) mass is 269 g/mol. The summed E-state index contributed by atoms with van der Waals surface area (Å²) < 4.78 is 0. The second kappa shape index (κ2) is 6.46. The molecule has 3 heteroatoms. The minimum Gasteiger partial charge on any atom is -0.388 e. The maximum atomic E-state index is 11.4. The first kappa shape index (κ1) is 14.4. The number of carbonyl (C=O) groups excluding carboxylic acids is 1. The second-order valence-corrected chi connectivity index (χ2v) is 4.85. The Hall–Kier alpha value is -1.97. The molecule has 2 aromatic carbocycles. The highest BCUT2D eigenvalue weighted by atomic mass is 16.3. The van der Waals surface area contributed by atoms with Crippen LogP contribution in [0.15, 0.2) is 48.5 Å². The molecule has 0 fully saturated rings. The van der Waals surface area contributed by atoms with Gasteiger partial charge in [0.2, 0.25) is 0 Å². The molecule has 1 unspecified atom stereocenters. The highest BCUT2D eigenvalue weighted by molar-refractivity contribution is 5.95. The number of ketones is 1. The van der Waals surface area contributed by atoms with Crippen LogP contribution in [-0.2, 0) is 0 Å². The largest absolute Gasteiger partial charge is 0.388 e. The van der Waals surface area contributed by atoms with Gasteiger partial charge in [-0.3, -0.25) is 4.79 Å². The van der Waals surface area contributed by atoms with Crippen LogP contribution < -0.4 is 5.73 Å². The number of aliphatic hydroxyl groups is 1. The van der Waals surface area contributed by atoms with Crippen molar-refractivity contribution in [2.45, 2.75) is 19.4 Å². The molecule has 0 bridgehead atoms. The van der Waals surface area contributed by atoms with Crippen molar-refractivity contribution >= 4 is 5.78 Å². The Morgan fingerprint density at radius 3 is 2.45 bits per heavy atom. The molecular weight excluding hydrogens is 250 g/mol. The summed E-state index contributed by atoms with van der Waals surface area (Å²) in [5, 5.41) is 9.87. The minimum absolute atomic E-state index is 0.0573. The van der Waals surface area contributed by atoms with Crippen LogP contribution in [0.5, 0.6) is 0 Å². The van der Waals surface area contributed by atoms with E-state index in [1.165, 1.54) is 0 Å². The summed E-state index contributed by atoms with van der Waals surface area (Å²) in [7, 11) is 0. The molecular formula is C17H19NO2. The van der Waals surface area contributed by atoms with Crippen LogP contribution in [-0.4, -0.2) is 17.4 Å². The lowest BCUT2D eigenvalue weighted by molar-refractivity contribution is 0.101. The zero-order valence-electron chi connectivity index (χ0n) is 11.5. The molecule has 0 radical (unpaired) electrons. The van der Waals surface area contributed by atoms with Crippen LogP contribution in [0.25, 0.3) is 11.1 Å². The van der Waals surface area contributed by atoms with E-state index >= 15 is 0 Å². The van der Waals surface area contributed by atoms with E-state index in [4.69, 9.17) is 5.73 Å². The SMILES string of the molecule is CC(=O)c1cccc(-c2ccc(C(O)CCN)cc2)c1. The van der Waals surface area contributed by atoms with E-state index in [1.807, 2.05) is 48.5 Å². The number of carbonyl (C=O) groups is 1. The quantitative estimate of drug-likeness (QED) is 0.820. The van der Waals surface area contributed by atoms with Gasteiger partial charge in [0.25, 0.3) is 0 Å². The normalized spacial score (nSPS) is 12.2. The van der Waals surface area contributed by atoms with E-state index in [1.54, 1.807) is 6.92 Å². The van der Waals surface area contributed by atoms with Crippen molar-refractivity contribution in [2.24, 2.45) is 5.73 Å². The maximum Gasteiger partial charge on any atom is 0.159 e. The Balaban J connectivity index is 2.26. The number of hydrogen-bond donors (Lipinski definition) is 2. The molecule has 2 aromatic rings. The lowest BCUT2D eigenvalue weighted by Gasteiger charge is -2.10. The molecule has 20 heavy (non-hydrogen) atoms. The third-order valence-electron chi connectivity index (χ3n) is 3.34. The standard InChI is InChI=1S/C17H19NO2/c1-12(19)15-3-2-4-16(11-15)13-5-7-14(8-6-13)17(20)9-10-18/h2-8,11,17,20H,9-10,18H2,1H3. The summed E-state index contributed by atoms with van der Waals surface area (Å²) in [5.74, 6) is 0.0573. The van der Waals surface area contributed by atoms with Crippen molar-refractivity contribution in [3.05, 3.63) is 59.7 Å². The highest BCUT2D eigenvalue weighted by Gasteiger charge is 2.07. The first-order chi connectivity index (χ1) is 9.61. The van der Waals surface area contributed by atoms with Gasteiger partial charge < -0.3 is 10.8 Å². The predicted molar refractivity (Wildman–Crippen MR) is 80.5 cm³/mol. The summed E-state index contributed by atoms with van der Waals surface area (Å²) in [5.41, 5.74) is 9.03. The van der Waals surface area contributed by atoms with Crippen molar-refractivity contribution in [2.75, 3.05) is 6.54 Å². The summed E-state index contributed by atoms with van der Waals surface area (Å²) in [4.78, 5) is 11.4. The van der Waals surface area contributed by atoms with Gasteiger partial charge in [-0.1, -0.05) is 42.5 Å². The van der Waals surface area contributed by atoms with E-state index in [0.717, 1.165) is 16.7 Å². The highest BCUT2D eigenvalue weighted by Crippen LogP contribution is 2.24. The topological polar surface area (TPSA) is 63.3 Å². The number of nitrogens with two attached hydrogens (primary N) is 1. The molecule has 1 atom stereocenters. The lowest BCUT2D eigenvalue weighted by atomic mass is 9.99. The Morgan fingerprint density at radius 1 is 1.15 bits per heavy atom. The van der Waals surface area contributed by atoms with Gasteiger partial charge in [0, 0.05) is 5.56 Å². The Kier molecular flexibility index (Phi) is 4.66. The van der Waals surface area contributed by atoms with Crippen molar-refractivity contribution < 1.29 is 9.90 Å². The number of hydrogen-bond acceptors (Lipinski definition) is 3. The van der Waals surface area contributed by atoms with Gasteiger partial charge >= 0.3 is 0 Å². The Labute approximate surface area is 119 Å². The van der Waals surface area contributed by atoms with E-state index in [-0.39, 0.29) is 5.78 Å². The van der Waals surface area contributed by atoms with Gasteiger partial charge in [0.15, 0.2) is 5.78 Å². The van der Waals surface area contributed by atoms with Gasteiger partial charge in [0.1, 0.15) is 0 Å². The van der Waals surface area contributed by atoms with Crippen LogP contribution in [0, 0.1) is 0 Å². The van der Waals surface area contributed by atoms with Crippen LogP contribution in [0.3, 0.4) is 0 Å². The third-order valence-corrected chi connectivity index (χ3v) is 3.34. The summed E-state index contributed by atoms with van der Waals surface area (Å²) in [6.07, 6.45) is 0.0386. The predicted octanol–water partition coefficient (Wildman–Crippen LogP) is 2.94. The smallest absolute Gasteiger partial charge is 0.159 e. The van der Waals surface area contributed by atoms with Crippen molar-refractivity contribution in [1.29, 1.82) is 0 Å². The summed E-state index contributed by atoms with van der Waals surface area (Å²) >= 11 is 0. The van der Waals surface area contributed by atoms with E-state index in [0.29, 0.717) is 18.5 Å². The summed E-state index contributed by atoms with van der Waals surface area (Å²) in [6.45, 7) is 2.02. The minimum atomic E-state index is -0.516. The van der Waals surface area contributed by atoms with E-state index < -0.39 is 6.10 Å². The van der Waals surface area contributed by atoms with Gasteiger partial charge in [-0.15, -0.1) is 0 Å². The van der Waals surface area contributed by atoms with Gasteiger partial charge in [0.05, 0.1) is 6.10 Å². The van der Waals surface area contributed by atoms with Crippen LogP contribution in [0.2, 0.25) is 0 Å². The molecule has 0 aromatic heterocycles. The number of benzene rings is 2. The fraction of sp³-hybridized carbons (Fsp3) is 0.235. The average molecular weight is 269 g/mol. The molecule has 0 saturated heterocycles. The number of Topliss-reactive ketones (excluding diaryl/α,β-unsaturated/α-hetero) is 1. The first-order valence-electron chi connectivity index (χ1n) is 6.71. The molecule has 0 heterocycles. The Morgan fingerprint density at radius 2 is 1.85 bits per heavy atom. The van der Waals surface area contributed by atoms with E-state index in [9.17, 15) is 9.90 Å². The molecule has 0 aliphatic rings. The molecule has 0 spiro atoms. The van der Waals surface area contributed by atoms with Crippen LogP contribution in [0.4, 0.5) is 0 Å². The molecule has 0 amide bonds. The third kappa shape index (κ3) is 3.32. The molecule has 0 aliphatic heterocycles. The number of rotatable bonds is 5. The Bertz CT molecular complexity index is 590. The molecule has 0 saturated carbocycles. The van der Waals surface area contributed by atoms with E-state index in [2.05, 4.69) is 0 Å². The molecule has 104 valence electrons. The fourth-order valence-corrected chi connectivity index (χ4v) is 2.14. The molecule has 3 nitrogen and oxygen atoms in total. The average Bonchev–Trinajstić information content (AvgIpc) is 2.48. The van der Waals surface area contributed by atoms with Gasteiger partial charge in [-0.25, -0.2) is 0 Å². The van der Waals surface area contributed by atoms with Crippen LogP contribution in [0.1, 0.15) is 35.4 Å². The van der Waals surface area contributed by atoms with Gasteiger partial charge in [-0.05, 0) is 42.6 Å². The molecule has 0 aliphatic carbocycles.